The minimum atomic E-state index is -0.878. The summed E-state index contributed by atoms with van der Waals surface area (Å²) in [5.41, 5.74) is 0.987. The van der Waals surface area contributed by atoms with Crippen LogP contribution in [0.3, 0.4) is 0 Å². The highest BCUT2D eigenvalue weighted by Crippen LogP contribution is 2.26. The Bertz CT molecular complexity index is 442. The van der Waals surface area contributed by atoms with Gasteiger partial charge in [0.1, 0.15) is 0 Å². The van der Waals surface area contributed by atoms with Crippen molar-refractivity contribution in [3.8, 4) is 0 Å². The maximum absolute atomic E-state index is 12.7. The summed E-state index contributed by atoms with van der Waals surface area (Å²) in [7, 11) is 0. The van der Waals surface area contributed by atoms with Crippen LogP contribution in [-0.2, 0) is 9.59 Å². The second-order valence-corrected chi connectivity index (χ2v) is 5.19. The fraction of sp³-hybridized carbons (Fsp3) is 0.500. The van der Waals surface area contributed by atoms with Crippen LogP contribution in [0.2, 0.25) is 0 Å². The Morgan fingerprint density at radius 3 is 2.25 bits per heavy atom. The number of carboxylic acid groups (broad SMARTS) is 1. The quantitative estimate of drug-likeness (QED) is 0.833. The van der Waals surface area contributed by atoms with Gasteiger partial charge in [-0.3, -0.25) is 9.59 Å². The van der Waals surface area contributed by atoms with Gasteiger partial charge in [0, 0.05) is 13.1 Å². The van der Waals surface area contributed by atoms with Crippen molar-refractivity contribution in [3.05, 3.63) is 35.9 Å². The van der Waals surface area contributed by atoms with E-state index in [9.17, 15) is 9.59 Å². The lowest BCUT2D eigenvalue weighted by atomic mass is 9.87. The largest absolute Gasteiger partial charge is 0.481 e. The molecule has 0 spiro atoms. The Kier molecular flexibility index (Phi) is 6.22. The van der Waals surface area contributed by atoms with E-state index in [-0.39, 0.29) is 30.7 Å². The minimum Gasteiger partial charge on any atom is -0.481 e. The Morgan fingerprint density at radius 2 is 1.80 bits per heavy atom. The van der Waals surface area contributed by atoms with Crippen LogP contribution in [-0.4, -0.2) is 35.0 Å². The Labute approximate surface area is 120 Å². The molecule has 0 aromatic heterocycles. The van der Waals surface area contributed by atoms with Gasteiger partial charge in [-0.25, -0.2) is 0 Å². The standard InChI is InChI=1S/C16H23NO3/c1-4-17(11-10-14(18)19)16(20)15(12(2)3)13-8-6-5-7-9-13/h5-9,12,15H,4,10-11H2,1-3H3,(H,18,19). The molecular weight excluding hydrogens is 254 g/mol. The number of nitrogens with zero attached hydrogens (tertiary/aromatic N) is 1. The van der Waals surface area contributed by atoms with Gasteiger partial charge in [0.25, 0.3) is 0 Å². The predicted octanol–water partition coefficient (Wildman–Crippen LogP) is 2.75. The molecule has 110 valence electrons. The van der Waals surface area contributed by atoms with Crippen molar-refractivity contribution in [2.24, 2.45) is 5.92 Å². The number of rotatable bonds is 7. The summed E-state index contributed by atoms with van der Waals surface area (Å²) in [6, 6.07) is 9.67. The summed E-state index contributed by atoms with van der Waals surface area (Å²) in [6.45, 7) is 6.70. The molecule has 1 rings (SSSR count). The van der Waals surface area contributed by atoms with E-state index < -0.39 is 5.97 Å². The summed E-state index contributed by atoms with van der Waals surface area (Å²) in [4.78, 5) is 25.0. The van der Waals surface area contributed by atoms with Gasteiger partial charge >= 0.3 is 5.97 Å². The van der Waals surface area contributed by atoms with Gasteiger partial charge < -0.3 is 10.0 Å². The first-order chi connectivity index (χ1) is 9.47. The number of likely N-dealkylation sites (N-methyl/N-ethyl adjacent to an activating group) is 1. The molecule has 0 radical (unpaired) electrons. The number of carbonyl (C=O) groups excluding carboxylic acids is 1. The Morgan fingerprint density at radius 1 is 1.20 bits per heavy atom. The summed E-state index contributed by atoms with van der Waals surface area (Å²) < 4.78 is 0. The minimum absolute atomic E-state index is 0.00921. The van der Waals surface area contributed by atoms with Crippen molar-refractivity contribution in [2.75, 3.05) is 13.1 Å². The van der Waals surface area contributed by atoms with Crippen molar-refractivity contribution < 1.29 is 14.7 Å². The molecule has 4 heteroatoms. The van der Waals surface area contributed by atoms with Gasteiger partial charge in [0.15, 0.2) is 0 Å². The zero-order valence-corrected chi connectivity index (χ0v) is 12.4. The molecule has 0 heterocycles. The van der Waals surface area contributed by atoms with E-state index in [1.807, 2.05) is 51.1 Å². The summed E-state index contributed by atoms with van der Waals surface area (Å²) >= 11 is 0. The van der Waals surface area contributed by atoms with Crippen LogP contribution in [0.5, 0.6) is 0 Å². The van der Waals surface area contributed by atoms with Crippen LogP contribution < -0.4 is 0 Å². The molecule has 1 aromatic rings. The van der Waals surface area contributed by atoms with E-state index in [2.05, 4.69) is 0 Å². The van der Waals surface area contributed by atoms with Crippen molar-refractivity contribution in [1.29, 1.82) is 0 Å². The molecule has 1 amide bonds. The van der Waals surface area contributed by atoms with Crippen LogP contribution in [0.25, 0.3) is 0 Å². The molecular formula is C16H23NO3. The van der Waals surface area contributed by atoms with Gasteiger partial charge in [-0.15, -0.1) is 0 Å². The number of carbonyl (C=O) groups is 2. The van der Waals surface area contributed by atoms with Gasteiger partial charge in [-0.05, 0) is 18.4 Å². The Hall–Kier alpha value is -1.84. The first-order valence-electron chi connectivity index (χ1n) is 7.02. The van der Waals surface area contributed by atoms with E-state index in [1.54, 1.807) is 4.90 Å². The second kappa shape index (κ2) is 7.68. The molecule has 0 aliphatic heterocycles. The van der Waals surface area contributed by atoms with Gasteiger partial charge in [-0.1, -0.05) is 44.2 Å². The monoisotopic (exact) mass is 277 g/mol. The number of carboxylic acids is 1. The van der Waals surface area contributed by atoms with Gasteiger partial charge in [0.05, 0.1) is 12.3 Å². The molecule has 1 atom stereocenters. The van der Waals surface area contributed by atoms with Crippen LogP contribution in [0.1, 0.15) is 38.7 Å². The molecule has 4 nitrogen and oxygen atoms in total. The third-order valence-electron chi connectivity index (χ3n) is 3.38. The molecule has 20 heavy (non-hydrogen) atoms. The number of hydrogen-bond donors (Lipinski definition) is 1. The highest BCUT2D eigenvalue weighted by molar-refractivity contribution is 5.84. The maximum Gasteiger partial charge on any atom is 0.305 e. The lowest BCUT2D eigenvalue weighted by molar-refractivity contribution is -0.139. The van der Waals surface area contributed by atoms with E-state index in [4.69, 9.17) is 5.11 Å². The number of benzene rings is 1. The predicted molar refractivity (Wildman–Crippen MR) is 78.5 cm³/mol. The highest BCUT2D eigenvalue weighted by Gasteiger charge is 2.27. The fourth-order valence-electron chi connectivity index (χ4n) is 2.32. The summed E-state index contributed by atoms with van der Waals surface area (Å²) in [5, 5.41) is 8.77. The molecule has 1 N–H and O–H groups in total. The lowest BCUT2D eigenvalue weighted by Crippen LogP contribution is -2.38. The molecule has 1 aromatic carbocycles. The van der Waals surface area contributed by atoms with Crippen molar-refractivity contribution >= 4 is 11.9 Å². The number of hydrogen-bond acceptors (Lipinski definition) is 2. The molecule has 0 aliphatic carbocycles. The molecule has 0 bridgehead atoms. The zero-order valence-electron chi connectivity index (χ0n) is 12.4. The van der Waals surface area contributed by atoms with E-state index in [0.29, 0.717) is 6.54 Å². The first kappa shape index (κ1) is 16.2. The van der Waals surface area contributed by atoms with E-state index in [1.165, 1.54) is 0 Å². The summed E-state index contributed by atoms with van der Waals surface area (Å²) in [5.74, 6) is -0.916. The topological polar surface area (TPSA) is 57.6 Å². The molecule has 0 saturated carbocycles. The molecule has 0 aliphatic rings. The normalized spacial score (nSPS) is 12.2. The third-order valence-corrected chi connectivity index (χ3v) is 3.38. The molecule has 0 saturated heterocycles. The number of amides is 1. The van der Waals surface area contributed by atoms with Crippen LogP contribution in [0.4, 0.5) is 0 Å². The highest BCUT2D eigenvalue weighted by atomic mass is 16.4. The van der Waals surface area contributed by atoms with Gasteiger partial charge in [-0.2, -0.15) is 0 Å². The second-order valence-electron chi connectivity index (χ2n) is 5.19. The van der Waals surface area contributed by atoms with E-state index >= 15 is 0 Å². The number of aliphatic carboxylic acids is 1. The first-order valence-corrected chi connectivity index (χ1v) is 7.02. The van der Waals surface area contributed by atoms with Crippen LogP contribution in [0, 0.1) is 5.92 Å². The smallest absolute Gasteiger partial charge is 0.305 e. The van der Waals surface area contributed by atoms with Gasteiger partial charge in [0.2, 0.25) is 5.91 Å². The summed E-state index contributed by atoms with van der Waals surface area (Å²) in [6.07, 6.45) is -0.0147. The van der Waals surface area contributed by atoms with Crippen LogP contribution in [0.15, 0.2) is 30.3 Å². The van der Waals surface area contributed by atoms with E-state index in [0.717, 1.165) is 5.56 Å². The van der Waals surface area contributed by atoms with Crippen molar-refractivity contribution in [3.63, 3.8) is 0 Å². The fourth-order valence-corrected chi connectivity index (χ4v) is 2.32. The SMILES string of the molecule is CCN(CCC(=O)O)C(=O)C(c1ccccc1)C(C)C. The average molecular weight is 277 g/mol. The molecule has 0 fully saturated rings. The lowest BCUT2D eigenvalue weighted by Gasteiger charge is -2.28. The van der Waals surface area contributed by atoms with Crippen molar-refractivity contribution in [1.82, 2.24) is 4.90 Å². The van der Waals surface area contributed by atoms with Crippen LogP contribution >= 0.6 is 0 Å². The molecule has 1 unspecified atom stereocenters. The average Bonchev–Trinajstić information content (AvgIpc) is 2.40. The van der Waals surface area contributed by atoms with Crippen molar-refractivity contribution in [2.45, 2.75) is 33.1 Å². The zero-order chi connectivity index (χ0) is 15.1. The third kappa shape index (κ3) is 4.37. The maximum atomic E-state index is 12.7. The Balaban J connectivity index is 2.90.